The lowest BCUT2D eigenvalue weighted by Crippen LogP contribution is -2.15. The highest BCUT2D eigenvalue weighted by atomic mass is 35.5. The Bertz CT molecular complexity index is 1020. The molecule has 130 valence electrons. The highest BCUT2D eigenvalue weighted by Crippen LogP contribution is 2.21. The number of anilines is 1. The van der Waals surface area contributed by atoms with Crippen LogP contribution in [0.5, 0.6) is 5.88 Å². The smallest absolute Gasteiger partial charge is 0.264 e. The first-order valence-electron chi connectivity index (χ1n) is 7.12. The Balaban J connectivity index is 1.89. The van der Waals surface area contributed by atoms with Crippen molar-refractivity contribution in [3.63, 3.8) is 0 Å². The third-order valence-electron chi connectivity index (χ3n) is 3.29. The monoisotopic (exact) mass is 379 g/mol. The summed E-state index contributed by atoms with van der Waals surface area (Å²) in [6, 6.07) is 7.78. The van der Waals surface area contributed by atoms with Crippen molar-refractivity contribution in [1.29, 1.82) is 0 Å². The number of ether oxygens (including phenoxy) is 1. The normalized spacial score (nSPS) is 11.3. The molecule has 0 atom stereocenters. The summed E-state index contributed by atoms with van der Waals surface area (Å²) in [7, 11) is -2.38. The van der Waals surface area contributed by atoms with Crippen molar-refractivity contribution < 1.29 is 13.2 Å². The van der Waals surface area contributed by atoms with Gasteiger partial charge >= 0.3 is 0 Å². The van der Waals surface area contributed by atoms with Crippen LogP contribution in [0.3, 0.4) is 0 Å². The number of nitrogens with one attached hydrogen (secondary N) is 1. The molecule has 0 aliphatic heterocycles. The van der Waals surface area contributed by atoms with Crippen molar-refractivity contribution in [2.75, 3.05) is 11.8 Å². The van der Waals surface area contributed by atoms with Crippen LogP contribution in [-0.4, -0.2) is 35.3 Å². The molecular weight excluding hydrogens is 366 g/mol. The van der Waals surface area contributed by atoms with Gasteiger partial charge in [-0.25, -0.2) is 23.1 Å². The van der Waals surface area contributed by atoms with Gasteiger partial charge in [0.1, 0.15) is 4.90 Å². The molecule has 1 N–H and O–H groups in total. The maximum Gasteiger partial charge on any atom is 0.264 e. The molecule has 0 radical (unpaired) electrons. The van der Waals surface area contributed by atoms with Gasteiger partial charge in [-0.1, -0.05) is 11.6 Å². The van der Waals surface area contributed by atoms with E-state index < -0.39 is 10.0 Å². The first kappa shape index (κ1) is 17.2. The number of rotatable bonds is 5. The molecule has 0 fully saturated rings. The predicted molar refractivity (Wildman–Crippen MR) is 92.7 cm³/mol. The lowest BCUT2D eigenvalue weighted by molar-refractivity contribution is 0.396. The summed E-state index contributed by atoms with van der Waals surface area (Å²) in [6.07, 6.45) is 3.13. The van der Waals surface area contributed by atoms with Crippen LogP contribution in [0.15, 0.2) is 47.6 Å². The summed E-state index contributed by atoms with van der Waals surface area (Å²) in [5.74, 6) is 0.874. The van der Waals surface area contributed by atoms with Gasteiger partial charge in [0.2, 0.25) is 5.88 Å². The number of halogens is 1. The lowest BCUT2D eigenvalue weighted by atomic mass is 10.4. The number of aryl methyl sites for hydroxylation is 1. The van der Waals surface area contributed by atoms with E-state index in [0.29, 0.717) is 22.4 Å². The third-order valence-corrected chi connectivity index (χ3v) is 5.08. The van der Waals surface area contributed by atoms with Crippen LogP contribution in [0.2, 0.25) is 5.02 Å². The van der Waals surface area contributed by atoms with Crippen molar-refractivity contribution in [3.8, 4) is 11.7 Å². The molecule has 10 heteroatoms. The largest absolute Gasteiger partial charge is 0.481 e. The maximum absolute atomic E-state index is 12.6. The predicted octanol–water partition coefficient (Wildman–Crippen LogP) is 2.43. The summed E-state index contributed by atoms with van der Waals surface area (Å²) < 4.78 is 33.9. The van der Waals surface area contributed by atoms with Gasteiger partial charge in [0.05, 0.1) is 17.8 Å². The number of aromatic nitrogens is 4. The standard InChI is InChI=1S/C15H14ClN5O3S/c1-10-12(5-6-14(18-10)24-2)25(22,23)20-13-7-9-21(19-13)15-11(16)4-3-8-17-15/h3-9H,1-2H3,(H,19,20). The third kappa shape index (κ3) is 3.57. The van der Waals surface area contributed by atoms with E-state index in [1.807, 2.05) is 0 Å². The molecule has 0 unspecified atom stereocenters. The average molecular weight is 380 g/mol. The van der Waals surface area contributed by atoms with Crippen LogP contribution in [0.1, 0.15) is 5.69 Å². The molecule has 8 nitrogen and oxygen atoms in total. The quantitative estimate of drug-likeness (QED) is 0.730. The number of hydrogen-bond donors (Lipinski definition) is 1. The molecule has 0 bridgehead atoms. The second-order valence-corrected chi connectivity index (χ2v) is 7.06. The van der Waals surface area contributed by atoms with Crippen molar-refractivity contribution in [3.05, 3.63) is 53.4 Å². The molecule has 0 aliphatic rings. The fourth-order valence-corrected chi connectivity index (χ4v) is 3.54. The van der Waals surface area contributed by atoms with E-state index in [1.54, 1.807) is 31.5 Å². The summed E-state index contributed by atoms with van der Waals surface area (Å²) >= 11 is 6.06. The Morgan fingerprint density at radius 3 is 2.72 bits per heavy atom. The Morgan fingerprint density at radius 1 is 1.24 bits per heavy atom. The minimum atomic E-state index is -3.85. The van der Waals surface area contributed by atoms with Gasteiger partial charge in [0.25, 0.3) is 10.0 Å². The molecule has 25 heavy (non-hydrogen) atoms. The topological polar surface area (TPSA) is 99.0 Å². The summed E-state index contributed by atoms with van der Waals surface area (Å²) in [6.45, 7) is 1.59. The molecule has 3 rings (SSSR count). The highest BCUT2D eigenvalue weighted by Gasteiger charge is 2.20. The van der Waals surface area contributed by atoms with E-state index in [-0.39, 0.29) is 10.7 Å². The SMILES string of the molecule is COc1ccc(S(=O)(=O)Nc2ccn(-c3ncccc3Cl)n2)c(C)n1. The Kier molecular flexibility index (Phi) is 4.60. The Labute approximate surface area is 149 Å². The summed E-state index contributed by atoms with van der Waals surface area (Å²) in [5.41, 5.74) is 0.319. The van der Waals surface area contributed by atoms with Gasteiger partial charge < -0.3 is 4.74 Å². The molecule has 0 saturated carbocycles. The second-order valence-electron chi connectivity index (χ2n) is 5.00. The summed E-state index contributed by atoms with van der Waals surface area (Å²) in [4.78, 5) is 8.23. The maximum atomic E-state index is 12.6. The molecule has 0 aromatic carbocycles. The van der Waals surface area contributed by atoms with Crippen molar-refractivity contribution in [2.45, 2.75) is 11.8 Å². The highest BCUT2D eigenvalue weighted by molar-refractivity contribution is 7.92. The Morgan fingerprint density at radius 2 is 2.04 bits per heavy atom. The van der Waals surface area contributed by atoms with E-state index in [9.17, 15) is 8.42 Å². The number of methoxy groups -OCH3 is 1. The van der Waals surface area contributed by atoms with Crippen molar-refractivity contribution in [2.24, 2.45) is 0 Å². The van der Waals surface area contributed by atoms with Gasteiger partial charge in [-0.05, 0) is 25.1 Å². The molecule has 0 aliphatic carbocycles. The van der Waals surface area contributed by atoms with Crippen molar-refractivity contribution >= 4 is 27.4 Å². The number of sulfonamides is 1. The van der Waals surface area contributed by atoms with E-state index in [2.05, 4.69) is 19.8 Å². The van der Waals surface area contributed by atoms with Crippen LogP contribution in [-0.2, 0) is 10.0 Å². The molecule has 3 heterocycles. The Hall–Kier alpha value is -2.65. The van der Waals surface area contributed by atoms with Crippen LogP contribution in [0, 0.1) is 6.92 Å². The minimum Gasteiger partial charge on any atom is -0.481 e. The van der Waals surface area contributed by atoms with Crippen molar-refractivity contribution in [1.82, 2.24) is 19.7 Å². The zero-order chi connectivity index (χ0) is 18.0. The molecular formula is C15H14ClN5O3S. The zero-order valence-electron chi connectivity index (χ0n) is 13.3. The minimum absolute atomic E-state index is 0.0405. The second kappa shape index (κ2) is 6.69. The molecule has 0 spiro atoms. The zero-order valence-corrected chi connectivity index (χ0v) is 14.9. The van der Waals surface area contributed by atoms with Gasteiger partial charge in [-0.15, -0.1) is 5.10 Å². The van der Waals surface area contributed by atoms with E-state index in [1.165, 1.54) is 30.0 Å². The average Bonchev–Trinajstić information content (AvgIpc) is 3.02. The first-order valence-corrected chi connectivity index (χ1v) is 8.98. The molecule has 0 saturated heterocycles. The number of nitrogens with zero attached hydrogens (tertiary/aromatic N) is 4. The summed E-state index contributed by atoms with van der Waals surface area (Å²) in [5, 5.41) is 4.55. The van der Waals surface area contributed by atoms with E-state index >= 15 is 0 Å². The lowest BCUT2D eigenvalue weighted by Gasteiger charge is -2.09. The molecule has 3 aromatic heterocycles. The fraction of sp³-hybridized carbons (Fsp3) is 0.133. The first-order chi connectivity index (χ1) is 11.9. The van der Waals surface area contributed by atoms with Crippen LogP contribution in [0.25, 0.3) is 5.82 Å². The van der Waals surface area contributed by atoms with E-state index in [0.717, 1.165) is 0 Å². The molecule has 3 aromatic rings. The van der Waals surface area contributed by atoms with Crippen LogP contribution < -0.4 is 9.46 Å². The van der Waals surface area contributed by atoms with Gasteiger partial charge in [-0.2, -0.15) is 0 Å². The van der Waals surface area contributed by atoms with E-state index in [4.69, 9.17) is 16.3 Å². The van der Waals surface area contributed by atoms with Gasteiger partial charge in [-0.3, -0.25) is 4.72 Å². The fourth-order valence-electron chi connectivity index (χ4n) is 2.16. The number of pyridine rings is 2. The van der Waals surface area contributed by atoms with Gasteiger partial charge in [0, 0.05) is 24.5 Å². The van der Waals surface area contributed by atoms with Crippen LogP contribution in [0.4, 0.5) is 5.82 Å². The number of hydrogen-bond acceptors (Lipinski definition) is 6. The van der Waals surface area contributed by atoms with Gasteiger partial charge in [0.15, 0.2) is 11.6 Å². The molecule has 0 amide bonds. The van der Waals surface area contributed by atoms with Crippen LogP contribution >= 0.6 is 11.6 Å².